The molecular weight excluding hydrogens is 401 g/mol. The zero-order chi connectivity index (χ0) is 19.7. The first-order valence-corrected chi connectivity index (χ1v) is 9.88. The Morgan fingerprint density at radius 3 is 2.75 bits per heavy atom. The molecular formula is C20H19Cl2N3O3. The van der Waals surface area contributed by atoms with Gasteiger partial charge in [-0.15, -0.1) is 0 Å². The standard InChI is InChI=1S/C20H19Cl2N3O3/c1-12(20-15(21)9-23-10-16(20)22)28-13-5-6-18-14(8-13)17(11-26)24-25(18)19-4-2-3-7-27-19/h5-6,8-12,19H,2-4,7H2,1H3. The molecule has 0 radical (unpaired) electrons. The van der Waals surface area contributed by atoms with Crippen molar-refractivity contribution >= 4 is 40.4 Å². The molecule has 2 aromatic heterocycles. The number of ether oxygens (including phenoxy) is 2. The van der Waals surface area contributed by atoms with Gasteiger partial charge >= 0.3 is 0 Å². The number of carbonyl (C=O) groups is 1. The molecule has 0 bridgehead atoms. The van der Waals surface area contributed by atoms with Gasteiger partial charge < -0.3 is 9.47 Å². The van der Waals surface area contributed by atoms with E-state index < -0.39 is 6.10 Å². The lowest BCUT2D eigenvalue weighted by Crippen LogP contribution is -2.19. The van der Waals surface area contributed by atoms with Crippen LogP contribution in [0.4, 0.5) is 0 Å². The van der Waals surface area contributed by atoms with Crippen LogP contribution in [0, 0.1) is 0 Å². The van der Waals surface area contributed by atoms with Crippen LogP contribution in [-0.2, 0) is 4.74 Å². The Bertz CT molecular complexity index is 995. The topological polar surface area (TPSA) is 66.2 Å². The predicted octanol–water partition coefficient (Wildman–Crippen LogP) is 5.39. The molecule has 8 heteroatoms. The fourth-order valence-electron chi connectivity index (χ4n) is 3.51. The van der Waals surface area contributed by atoms with Gasteiger partial charge in [0.05, 0.1) is 15.6 Å². The number of aldehydes is 1. The van der Waals surface area contributed by atoms with Gasteiger partial charge in [0.25, 0.3) is 0 Å². The van der Waals surface area contributed by atoms with Crippen LogP contribution in [0.5, 0.6) is 5.75 Å². The Morgan fingerprint density at radius 1 is 1.29 bits per heavy atom. The third kappa shape index (κ3) is 3.60. The van der Waals surface area contributed by atoms with E-state index in [0.29, 0.717) is 33.7 Å². The first kappa shape index (κ1) is 19.2. The van der Waals surface area contributed by atoms with Gasteiger partial charge in [-0.25, -0.2) is 4.68 Å². The molecule has 3 aromatic rings. The highest BCUT2D eigenvalue weighted by atomic mass is 35.5. The number of benzene rings is 1. The van der Waals surface area contributed by atoms with E-state index in [1.54, 1.807) is 4.68 Å². The second-order valence-electron chi connectivity index (χ2n) is 6.72. The highest BCUT2D eigenvalue weighted by molar-refractivity contribution is 6.35. The molecule has 28 heavy (non-hydrogen) atoms. The Hall–Kier alpha value is -2.15. The Balaban J connectivity index is 1.67. The van der Waals surface area contributed by atoms with Crippen molar-refractivity contribution in [2.24, 2.45) is 0 Å². The smallest absolute Gasteiger partial charge is 0.170 e. The highest BCUT2D eigenvalue weighted by Crippen LogP contribution is 2.34. The zero-order valence-corrected chi connectivity index (χ0v) is 16.8. The van der Waals surface area contributed by atoms with E-state index >= 15 is 0 Å². The van der Waals surface area contributed by atoms with E-state index in [4.69, 9.17) is 32.7 Å². The van der Waals surface area contributed by atoms with Gasteiger partial charge in [-0.2, -0.15) is 5.10 Å². The number of fused-ring (bicyclic) bond motifs is 1. The fourth-order valence-corrected chi connectivity index (χ4v) is 4.19. The van der Waals surface area contributed by atoms with Crippen molar-refractivity contribution in [2.45, 2.75) is 38.5 Å². The molecule has 2 unspecified atom stereocenters. The van der Waals surface area contributed by atoms with Crippen LogP contribution in [0.3, 0.4) is 0 Å². The van der Waals surface area contributed by atoms with E-state index in [0.717, 1.165) is 36.5 Å². The Morgan fingerprint density at radius 2 is 2.07 bits per heavy atom. The van der Waals surface area contributed by atoms with E-state index in [9.17, 15) is 4.79 Å². The number of pyridine rings is 1. The lowest BCUT2D eigenvalue weighted by atomic mass is 10.1. The van der Waals surface area contributed by atoms with Crippen molar-refractivity contribution in [1.29, 1.82) is 0 Å². The summed E-state index contributed by atoms with van der Waals surface area (Å²) >= 11 is 12.4. The number of hydrogen-bond acceptors (Lipinski definition) is 5. The number of carbonyl (C=O) groups excluding carboxylic acids is 1. The quantitative estimate of drug-likeness (QED) is 0.518. The van der Waals surface area contributed by atoms with E-state index in [-0.39, 0.29) is 6.23 Å². The molecule has 2 atom stereocenters. The van der Waals surface area contributed by atoms with Gasteiger partial charge in [-0.1, -0.05) is 23.2 Å². The molecule has 1 aliphatic heterocycles. The average Bonchev–Trinajstić information content (AvgIpc) is 3.06. The Labute approximate surface area is 172 Å². The minimum absolute atomic E-state index is 0.148. The molecule has 1 aromatic carbocycles. The normalized spacial score (nSPS) is 18.2. The van der Waals surface area contributed by atoms with Crippen molar-refractivity contribution in [3.8, 4) is 5.75 Å². The number of halogens is 2. The van der Waals surface area contributed by atoms with Crippen LogP contribution in [0.2, 0.25) is 10.0 Å². The van der Waals surface area contributed by atoms with Crippen molar-refractivity contribution in [2.75, 3.05) is 6.61 Å². The van der Waals surface area contributed by atoms with Crippen LogP contribution in [0.25, 0.3) is 10.9 Å². The van der Waals surface area contributed by atoms with Gasteiger partial charge in [0, 0.05) is 30.0 Å². The van der Waals surface area contributed by atoms with Crippen LogP contribution < -0.4 is 4.74 Å². The minimum atomic E-state index is -0.392. The van der Waals surface area contributed by atoms with Crippen LogP contribution in [0.1, 0.15) is 54.6 Å². The molecule has 0 aliphatic carbocycles. The number of hydrogen-bond donors (Lipinski definition) is 0. The lowest BCUT2D eigenvalue weighted by molar-refractivity contribution is -0.0367. The third-order valence-electron chi connectivity index (χ3n) is 4.86. The van der Waals surface area contributed by atoms with Crippen LogP contribution in [0.15, 0.2) is 30.6 Å². The van der Waals surface area contributed by atoms with Crippen LogP contribution >= 0.6 is 23.2 Å². The molecule has 3 heterocycles. The summed E-state index contributed by atoms with van der Waals surface area (Å²) in [5, 5.41) is 6.06. The fraction of sp³-hybridized carbons (Fsp3) is 0.350. The molecule has 1 saturated heterocycles. The average molecular weight is 420 g/mol. The lowest BCUT2D eigenvalue weighted by Gasteiger charge is -2.23. The maximum absolute atomic E-state index is 11.6. The summed E-state index contributed by atoms with van der Waals surface area (Å²) in [4.78, 5) is 15.5. The monoisotopic (exact) mass is 419 g/mol. The molecule has 146 valence electrons. The molecule has 0 saturated carbocycles. The molecule has 1 aliphatic rings. The summed E-state index contributed by atoms with van der Waals surface area (Å²) in [5.74, 6) is 0.594. The second kappa shape index (κ2) is 8.07. The molecule has 1 fully saturated rings. The molecule has 0 amide bonds. The van der Waals surface area contributed by atoms with E-state index in [1.165, 1.54) is 12.4 Å². The van der Waals surface area contributed by atoms with Crippen molar-refractivity contribution in [3.63, 3.8) is 0 Å². The predicted molar refractivity (Wildman–Crippen MR) is 107 cm³/mol. The van der Waals surface area contributed by atoms with Crippen LogP contribution in [-0.4, -0.2) is 27.7 Å². The van der Waals surface area contributed by atoms with Crippen molar-refractivity contribution in [1.82, 2.24) is 14.8 Å². The number of nitrogens with zero attached hydrogens (tertiary/aromatic N) is 3. The second-order valence-corrected chi connectivity index (χ2v) is 7.54. The summed E-state index contributed by atoms with van der Waals surface area (Å²) in [6.45, 7) is 2.56. The van der Waals surface area contributed by atoms with Gasteiger partial charge in [0.15, 0.2) is 12.5 Å². The first-order valence-electron chi connectivity index (χ1n) is 9.13. The SMILES string of the molecule is CC(Oc1ccc2c(c1)c(C=O)nn2C1CCCCO1)c1c(Cl)cncc1Cl. The van der Waals surface area contributed by atoms with Crippen molar-refractivity contribution < 1.29 is 14.3 Å². The summed E-state index contributed by atoms with van der Waals surface area (Å²) in [7, 11) is 0. The number of rotatable bonds is 5. The maximum Gasteiger partial charge on any atom is 0.170 e. The van der Waals surface area contributed by atoms with Gasteiger partial charge in [-0.05, 0) is 44.4 Å². The van der Waals surface area contributed by atoms with Gasteiger partial charge in [0.1, 0.15) is 17.5 Å². The van der Waals surface area contributed by atoms with E-state index in [1.807, 2.05) is 25.1 Å². The highest BCUT2D eigenvalue weighted by Gasteiger charge is 2.22. The summed E-state index contributed by atoms with van der Waals surface area (Å²) in [5.41, 5.74) is 1.87. The molecule has 0 N–H and O–H groups in total. The zero-order valence-electron chi connectivity index (χ0n) is 15.3. The molecule has 4 rings (SSSR count). The Kier molecular flexibility index (Phi) is 5.53. The summed E-state index contributed by atoms with van der Waals surface area (Å²) in [6, 6.07) is 5.55. The number of aromatic nitrogens is 3. The van der Waals surface area contributed by atoms with Crippen molar-refractivity contribution in [3.05, 3.63) is 51.9 Å². The van der Waals surface area contributed by atoms with E-state index in [2.05, 4.69) is 10.1 Å². The summed E-state index contributed by atoms with van der Waals surface area (Å²) < 4.78 is 13.7. The maximum atomic E-state index is 11.6. The largest absolute Gasteiger partial charge is 0.486 e. The van der Waals surface area contributed by atoms with Gasteiger partial charge in [-0.3, -0.25) is 9.78 Å². The molecule has 0 spiro atoms. The van der Waals surface area contributed by atoms with Gasteiger partial charge in [0.2, 0.25) is 0 Å². The third-order valence-corrected chi connectivity index (χ3v) is 5.46. The first-order chi connectivity index (χ1) is 13.6. The minimum Gasteiger partial charge on any atom is -0.486 e. The summed E-state index contributed by atoms with van der Waals surface area (Å²) in [6.07, 6.45) is 6.28. The molecule has 6 nitrogen and oxygen atoms in total.